The molecule has 0 bridgehead atoms. The number of hydrogen-bond acceptors (Lipinski definition) is 2. The quantitative estimate of drug-likeness (QED) is 0.591. The molecular weight excluding hydrogens is 196 g/mol. The Labute approximate surface area is 99.2 Å². The number of hydrazine groups is 1. The topological polar surface area (TPSA) is 38.0 Å². The normalized spacial score (nSPS) is 15.8. The van der Waals surface area contributed by atoms with Gasteiger partial charge in [-0.3, -0.25) is 11.3 Å². The van der Waals surface area contributed by atoms with Gasteiger partial charge in [-0.1, -0.05) is 64.4 Å². The van der Waals surface area contributed by atoms with Crippen molar-refractivity contribution >= 4 is 0 Å². The van der Waals surface area contributed by atoms with Crippen molar-refractivity contribution in [2.75, 3.05) is 0 Å². The molecule has 0 fully saturated rings. The van der Waals surface area contributed by atoms with Gasteiger partial charge in [-0.25, -0.2) is 0 Å². The van der Waals surface area contributed by atoms with Crippen molar-refractivity contribution in [2.45, 2.75) is 45.6 Å². The van der Waals surface area contributed by atoms with E-state index in [4.69, 9.17) is 5.84 Å². The Balaban J connectivity index is 2.99. The van der Waals surface area contributed by atoms with E-state index in [2.05, 4.69) is 57.4 Å². The van der Waals surface area contributed by atoms with Crippen LogP contribution in [0.2, 0.25) is 0 Å². The summed E-state index contributed by atoms with van der Waals surface area (Å²) in [5.41, 5.74) is 4.37. The number of nitrogens with two attached hydrogens (primary N) is 1. The minimum atomic E-state index is 0.0471. The maximum atomic E-state index is 5.72. The number of hydrogen-bond donors (Lipinski definition) is 2. The van der Waals surface area contributed by atoms with Gasteiger partial charge < -0.3 is 0 Å². The number of nitrogens with one attached hydrogen (secondary N) is 1. The van der Waals surface area contributed by atoms with Crippen LogP contribution in [0.3, 0.4) is 0 Å². The van der Waals surface area contributed by atoms with Gasteiger partial charge >= 0.3 is 0 Å². The molecule has 90 valence electrons. The SMILES string of the molecule is CCC(C)C(NN)C(C)(C)c1ccccc1. The molecule has 1 rings (SSSR count). The molecule has 0 saturated carbocycles. The summed E-state index contributed by atoms with van der Waals surface area (Å²) in [5.74, 6) is 6.28. The third-order valence-electron chi connectivity index (χ3n) is 3.69. The Kier molecular flexibility index (Phi) is 4.51. The van der Waals surface area contributed by atoms with Crippen LogP contribution in [0.5, 0.6) is 0 Å². The molecule has 0 radical (unpaired) electrons. The first-order valence-electron chi connectivity index (χ1n) is 6.05. The first-order chi connectivity index (χ1) is 7.54. The lowest BCUT2D eigenvalue weighted by molar-refractivity contribution is 0.254. The van der Waals surface area contributed by atoms with E-state index in [0.717, 1.165) is 6.42 Å². The lowest BCUT2D eigenvalue weighted by Gasteiger charge is -2.38. The molecule has 2 nitrogen and oxygen atoms in total. The van der Waals surface area contributed by atoms with Crippen LogP contribution in [0.4, 0.5) is 0 Å². The van der Waals surface area contributed by atoms with Crippen molar-refractivity contribution < 1.29 is 0 Å². The van der Waals surface area contributed by atoms with E-state index < -0.39 is 0 Å². The van der Waals surface area contributed by atoms with Crippen LogP contribution in [-0.4, -0.2) is 6.04 Å². The molecule has 1 aromatic rings. The third kappa shape index (κ3) is 2.63. The van der Waals surface area contributed by atoms with E-state index in [-0.39, 0.29) is 5.41 Å². The maximum absolute atomic E-state index is 5.72. The monoisotopic (exact) mass is 220 g/mol. The third-order valence-corrected chi connectivity index (χ3v) is 3.69. The predicted octanol–water partition coefficient (Wildman–Crippen LogP) is 2.84. The fourth-order valence-corrected chi connectivity index (χ4v) is 2.37. The summed E-state index contributed by atoms with van der Waals surface area (Å²) in [7, 11) is 0. The van der Waals surface area contributed by atoms with Crippen molar-refractivity contribution in [3.05, 3.63) is 35.9 Å². The predicted molar refractivity (Wildman–Crippen MR) is 70.0 cm³/mol. The van der Waals surface area contributed by atoms with Crippen LogP contribution < -0.4 is 11.3 Å². The molecule has 0 aliphatic rings. The Morgan fingerprint density at radius 3 is 2.25 bits per heavy atom. The van der Waals surface area contributed by atoms with E-state index in [1.54, 1.807) is 0 Å². The fraction of sp³-hybridized carbons (Fsp3) is 0.571. The summed E-state index contributed by atoms with van der Waals surface area (Å²) in [6, 6.07) is 10.9. The van der Waals surface area contributed by atoms with E-state index >= 15 is 0 Å². The van der Waals surface area contributed by atoms with E-state index in [0.29, 0.717) is 12.0 Å². The molecule has 2 unspecified atom stereocenters. The Morgan fingerprint density at radius 2 is 1.81 bits per heavy atom. The molecule has 0 saturated heterocycles. The van der Waals surface area contributed by atoms with Crippen LogP contribution in [0.25, 0.3) is 0 Å². The molecule has 1 aromatic carbocycles. The zero-order valence-electron chi connectivity index (χ0n) is 10.8. The van der Waals surface area contributed by atoms with Crippen LogP contribution in [0.15, 0.2) is 30.3 Å². The average molecular weight is 220 g/mol. The first-order valence-corrected chi connectivity index (χ1v) is 6.05. The van der Waals surface area contributed by atoms with Gasteiger partial charge in [-0.2, -0.15) is 0 Å². The highest BCUT2D eigenvalue weighted by Crippen LogP contribution is 2.31. The number of benzene rings is 1. The van der Waals surface area contributed by atoms with Crippen LogP contribution in [-0.2, 0) is 5.41 Å². The highest BCUT2D eigenvalue weighted by molar-refractivity contribution is 5.26. The van der Waals surface area contributed by atoms with Crippen LogP contribution in [0.1, 0.15) is 39.7 Å². The first kappa shape index (κ1) is 13.2. The van der Waals surface area contributed by atoms with E-state index in [9.17, 15) is 0 Å². The van der Waals surface area contributed by atoms with Crippen molar-refractivity contribution in [1.29, 1.82) is 0 Å². The molecule has 0 aliphatic carbocycles. The van der Waals surface area contributed by atoms with Crippen molar-refractivity contribution in [3.63, 3.8) is 0 Å². The van der Waals surface area contributed by atoms with Gasteiger partial charge in [0.25, 0.3) is 0 Å². The molecule has 0 amide bonds. The fourth-order valence-electron chi connectivity index (χ4n) is 2.37. The summed E-state index contributed by atoms with van der Waals surface area (Å²) in [5, 5.41) is 0. The lowest BCUT2D eigenvalue weighted by atomic mass is 9.72. The summed E-state index contributed by atoms with van der Waals surface area (Å²) in [6.07, 6.45) is 1.13. The van der Waals surface area contributed by atoms with Crippen molar-refractivity contribution in [2.24, 2.45) is 11.8 Å². The average Bonchev–Trinajstić information content (AvgIpc) is 2.30. The van der Waals surface area contributed by atoms with Crippen molar-refractivity contribution in [1.82, 2.24) is 5.43 Å². The van der Waals surface area contributed by atoms with Gasteiger partial charge in [-0.15, -0.1) is 0 Å². The molecule has 0 spiro atoms. The zero-order chi connectivity index (χ0) is 12.2. The highest BCUT2D eigenvalue weighted by Gasteiger charge is 2.33. The van der Waals surface area contributed by atoms with E-state index in [1.807, 2.05) is 6.07 Å². The molecule has 0 aliphatic heterocycles. The Bertz CT molecular complexity index is 306. The van der Waals surface area contributed by atoms with E-state index in [1.165, 1.54) is 5.56 Å². The zero-order valence-corrected chi connectivity index (χ0v) is 10.8. The molecule has 3 N–H and O–H groups in total. The molecular formula is C14H24N2. The Morgan fingerprint density at radius 1 is 1.25 bits per heavy atom. The molecule has 0 aromatic heterocycles. The van der Waals surface area contributed by atoms with Gasteiger partial charge in [0.05, 0.1) is 0 Å². The second kappa shape index (κ2) is 5.46. The number of rotatable bonds is 5. The van der Waals surface area contributed by atoms with Gasteiger partial charge in [0.1, 0.15) is 0 Å². The molecule has 2 atom stereocenters. The van der Waals surface area contributed by atoms with Crippen LogP contribution >= 0.6 is 0 Å². The summed E-state index contributed by atoms with van der Waals surface area (Å²) < 4.78 is 0. The molecule has 2 heteroatoms. The smallest absolute Gasteiger partial charge is 0.0327 e. The van der Waals surface area contributed by atoms with Crippen LogP contribution in [0, 0.1) is 5.92 Å². The van der Waals surface area contributed by atoms with Gasteiger partial charge in [0, 0.05) is 11.5 Å². The molecule has 16 heavy (non-hydrogen) atoms. The second-order valence-corrected chi connectivity index (χ2v) is 5.12. The minimum Gasteiger partial charge on any atom is -0.271 e. The minimum absolute atomic E-state index is 0.0471. The summed E-state index contributed by atoms with van der Waals surface area (Å²) >= 11 is 0. The van der Waals surface area contributed by atoms with Crippen molar-refractivity contribution in [3.8, 4) is 0 Å². The van der Waals surface area contributed by atoms with Gasteiger partial charge in [0.15, 0.2) is 0 Å². The Hall–Kier alpha value is -0.860. The largest absolute Gasteiger partial charge is 0.271 e. The van der Waals surface area contributed by atoms with Gasteiger partial charge in [-0.05, 0) is 11.5 Å². The van der Waals surface area contributed by atoms with Gasteiger partial charge in [0.2, 0.25) is 0 Å². The lowest BCUT2D eigenvalue weighted by Crippen LogP contribution is -2.51. The standard InChI is InChI=1S/C14H24N2/c1-5-11(2)13(16-15)14(3,4)12-9-7-6-8-10-12/h6-11,13,16H,5,15H2,1-4H3. The second-order valence-electron chi connectivity index (χ2n) is 5.12. The molecule has 0 heterocycles. The maximum Gasteiger partial charge on any atom is 0.0327 e. The summed E-state index contributed by atoms with van der Waals surface area (Å²) in [4.78, 5) is 0. The highest BCUT2D eigenvalue weighted by atomic mass is 15.2. The summed E-state index contributed by atoms with van der Waals surface area (Å²) in [6.45, 7) is 8.95.